The number of hydrogen-bond acceptors (Lipinski definition) is 2. The smallest absolute Gasteiger partial charge is 0.338 e. The fourth-order valence-electron chi connectivity index (χ4n) is 2.39. The number of amides is 1. The number of halogens is 3. The number of nitrogens with zero attached hydrogens (tertiary/aromatic N) is 3. The molecule has 7 heteroatoms. The number of hydrogen-bond donors (Lipinski definition) is 0. The van der Waals surface area contributed by atoms with Gasteiger partial charge in [-0.25, -0.2) is 4.98 Å². The first-order valence-corrected chi connectivity index (χ1v) is 7.20. The molecule has 0 aliphatic heterocycles. The number of aryl methyl sites for hydroxylation is 1. The lowest BCUT2D eigenvalue weighted by Gasteiger charge is -2.19. The van der Waals surface area contributed by atoms with Crippen LogP contribution in [-0.2, 0) is 12.6 Å². The highest BCUT2D eigenvalue weighted by molar-refractivity contribution is 5.94. The first-order valence-electron chi connectivity index (χ1n) is 7.20. The van der Waals surface area contributed by atoms with Crippen molar-refractivity contribution in [1.82, 2.24) is 14.3 Å². The van der Waals surface area contributed by atoms with Crippen molar-refractivity contribution in [2.24, 2.45) is 0 Å². The maximum Gasteiger partial charge on any atom is 0.417 e. The molecule has 0 fully saturated rings. The Bertz CT molecular complexity index is 687. The Morgan fingerprint density at radius 3 is 2.36 bits per heavy atom. The van der Waals surface area contributed by atoms with E-state index in [0.29, 0.717) is 30.9 Å². The lowest BCUT2D eigenvalue weighted by Crippen LogP contribution is -2.32. The van der Waals surface area contributed by atoms with E-state index in [1.807, 2.05) is 20.8 Å². The number of carbonyl (C=O) groups is 1. The zero-order valence-electron chi connectivity index (χ0n) is 12.7. The summed E-state index contributed by atoms with van der Waals surface area (Å²) in [7, 11) is 0. The zero-order valence-corrected chi connectivity index (χ0v) is 12.7. The first-order chi connectivity index (χ1) is 10.3. The Kier molecular flexibility index (Phi) is 4.44. The zero-order chi connectivity index (χ0) is 16.5. The third-order valence-electron chi connectivity index (χ3n) is 3.61. The monoisotopic (exact) mass is 313 g/mol. The predicted octanol–water partition coefficient (Wildman–Crippen LogP) is 3.40. The third kappa shape index (κ3) is 2.80. The Balaban J connectivity index is 2.66. The fraction of sp³-hybridized carbons (Fsp3) is 0.467. The van der Waals surface area contributed by atoms with Crippen LogP contribution < -0.4 is 0 Å². The Labute approximate surface area is 126 Å². The van der Waals surface area contributed by atoms with Crippen molar-refractivity contribution in [1.29, 1.82) is 0 Å². The molecule has 0 aliphatic rings. The first kappa shape index (κ1) is 16.3. The van der Waals surface area contributed by atoms with Gasteiger partial charge in [0.1, 0.15) is 11.3 Å². The van der Waals surface area contributed by atoms with E-state index in [-0.39, 0.29) is 11.6 Å². The lowest BCUT2D eigenvalue weighted by molar-refractivity contribution is -0.137. The molecular formula is C15H18F3N3O. The molecule has 0 aliphatic carbocycles. The van der Waals surface area contributed by atoms with Gasteiger partial charge in [0.2, 0.25) is 0 Å². The van der Waals surface area contributed by atoms with Crippen LogP contribution in [0.25, 0.3) is 5.65 Å². The van der Waals surface area contributed by atoms with Gasteiger partial charge in [-0.2, -0.15) is 13.2 Å². The number of alkyl halides is 3. The maximum atomic E-state index is 12.9. The molecular weight excluding hydrogens is 295 g/mol. The minimum atomic E-state index is -4.46. The Morgan fingerprint density at radius 2 is 1.86 bits per heavy atom. The topological polar surface area (TPSA) is 37.6 Å². The van der Waals surface area contributed by atoms with Crippen LogP contribution in [0, 0.1) is 0 Å². The summed E-state index contributed by atoms with van der Waals surface area (Å²) in [6, 6.07) is 2.27. The van der Waals surface area contributed by atoms with Crippen molar-refractivity contribution in [3.63, 3.8) is 0 Å². The number of carbonyl (C=O) groups excluding carboxylic acids is 1. The third-order valence-corrected chi connectivity index (χ3v) is 3.61. The molecule has 4 nitrogen and oxygen atoms in total. The van der Waals surface area contributed by atoms with Crippen LogP contribution in [0.2, 0.25) is 0 Å². The molecule has 0 unspecified atom stereocenters. The molecule has 0 radical (unpaired) electrons. The van der Waals surface area contributed by atoms with Crippen molar-refractivity contribution < 1.29 is 18.0 Å². The SMILES string of the molecule is CCc1nc2ccc(C(F)(F)F)cn2c1C(=O)N(CC)CC. The van der Waals surface area contributed by atoms with E-state index in [0.717, 1.165) is 12.3 Å². The summed E-state index contributed by atoms with van der Waals surface area (Å²) in [5.74, 6) is -0.298. The highest BCUT2D eigenvalue weighted by atomic mass is 19.4. The predicted molar refractivity (Wildman–Crippen MR) is 76.8 cm³/mol. The normalized spacial score (nSPS) is 11.9. The van der Waals surface area contributed by atoms with Crippen molar-refractivity contribution in [2.75, 3.05) is 13.1 Å². The number of rotatable bonds is 4. The van der Waals surface area contributed by atoms with E-state index < -0.39 is 11.7 Å². The van der Waals surface area contributed by atoms with Gasteiger partial charge in [-0.1, -0.05) is 6.92 Å². The largest absolute Gasteiger partial charge is 0.417 e. The average Bonchev–Trinajstić information content (AvgIpc) is 2.84. The van der Waals surface area contributed by atoms with Gasteiger partial charge in [0.25, 0.3) is 5.91 Å². The van der Waals surface area contributed by atoms with Gasteiger partial charge in [0, 0.05) is 19.3 Å². The second-order valence-corrected chi connectivity index (χ2v) is 4.88. The second-order valence-electron chi connectivity index (χ2n) is 4.88. The molecule has 0 saturated carbocycles. The Morgan fingerprint density at radius 1 is 1.23 bits per heavy atom. The van der Waals surface area contributed by atoms with Gasteiger partial charge in [0.05, 0.1) is 11.3 Å². The van der Waals surface area contributed by atoms with Crippen LogP contribution in [0.4, 0.5) is 13.2 Å². The molecule has 0 N–H and O–H groups in total. The number of aromatic nitrogens is 2. The highest BCUT2D eigenvalue weighted by Gasteiger charge is 2.32. The average molecular weight is 313 g/mol. The number of fused-ring (bicyclic) bond motifs is 1. The van der Waals surface area contributed by atoms with Gasteiger partial charge < -0.3 is 4.90 Å². The molecule has 0 saturated heterocycles. The van der Waals surface area contributed by atoms with Crippen LogP contribution in [0.5, 0.6) is 0 Å². The van der Waals surface area contributed by atoms with Crippen molar-refractivity contribution in [3.05, 3.63) is 35.3 Å². The number of pyridine rings is 1. The molecule has 0 aromatic carbocycles. The summed E-state index contributed by atoms with van der Waals surface area (Å²) in [5, 5.41) is 0. The van der Waals surface area contributed by atoms with Gasteiger partial charge in [-0.15, -0.1) is 0 Å². The van der Waals surface area contributed by atoms with Gasteiger partial charge in [-0.3, -0.25) is 9.20 Å². The van der Waals surface area contributed by atoms with E-state index in [1.54, 1.807) is 4.90 Å². The molecule has 2 aromatic heterocycles. The van der Waals surface area contributed by atoms with Crippen LogP contribution >= 0.6 is 0 Å². The van der Waals surface area contributed by atoms with Crippen molar-refractivity contribution in [2.45, 2.75) is 33.4 Å². The van der Waals surface area contributed by atoms with Crippen molar-refractivity contribution >= 4 is 11.6 Å². The molecule has 1 amide bonds. The minimum absolute atomic E-state index is 0.215. The fourth-order valence-corrected chi connectivity index (χ4v) is 2.39. The molecule has 0 spiro atoms. The summed E-state index contributed by atoms with van der Waals surface area (Å²) in [6.45, 7) is 6.47. The lowest BCUT2D eigenvalue weighted by atomic mass is 10.2. The molecule has 120 valence electrons. The number of imidazole rings is 1. The van der Waals surface area contributed by atoms with E-state index >= 15 is 0 Å². The summed E-state index contributed by atoms with van der Waals surface area (Å²) >= 11 is 0. The van der Waals surface area contributed by atoms with Crippen LogP contribution in [0.1, 0.15) is 42.5 Å². The second kappa shape index (κ2) is 5.98. The highest BCUT2D eigenvalue weighted by Crippen LogP contribution is 2.30. The van der Waals surface area contributed by atoms with Gasteiger partial charge in [-0.05, 0) is 32.4 Å². The van der Waals surface area contributed by atoms with Crippen LogP contribution in [0.15, 0.2) is 18.3 Å². The van der Waals surface area contributed by atoms with E-state index in [9.17, 15) is 18.0 Å². The van der Waals surface area contributed by atoms with Gasteiger partial charge >= 0.3 is 6.18 Å². The molecule has 0 atom stereocenters. The standard InChI is InChI=1S/C15H18F3N3O/c1-4-11-13(14(22)20(5-2)6-3)21-9-10(15(16,17)18)7-8-12(21)19-11/h7-9H,4-6H2,1-3H3. The summed E-state index contributed by atoms with van der Waals surface area (Å²) in [4.78, 5) is 18.5. The molecule has 2 aromatic rings. The Hall–Kier alpha value is -2.05. The van der Waals surface area contributed by atoms with E-state index in [4.69, 9.17) is 0 Å². The molecule has 0 bridgehead atoms. The molecule has 2 heterocycles. The van der Waals surface area contributed by atoms with E-state index in [1.165, 1.54) is 10.5 Å². The summed E-state index contributed by atoms with van der Waals surface area (Å²) < 4.78 is 39.9. The van der Waals surface area contributed by atoms with Crippen LogP contribution in [-0.4, -0.2) is 33.3 Å². The van der Waals surface area contributed by atoms with Crippen molar-refractivity contribution in [3.8, 4) is 0 Å². The molecule has 22 heavy (non-hydrogen) atoms. The maximum absolute atomic E-state index is 12.9. The molecule has 2 rings (SSSR count). The van der Waals surface area contributed by atoms with Gasteiger partial charge in [0.15, 0.2) is 0 Å². The van der Waals surface area contributed by atoms with Crippen LogP contribution in [0.3, 0.4) is 0 Å². The summed E-state index contributed by atoms with van der Waals surface area (Å²) in [6.07, 6.45) is -3.04. The minimum Gasteiger partial charge on any atom is -0.338 e. The quantitative estimate of drug-likeness (QED) is 0.867. The summed E-state index contributed by atoms with van der Waals surface area (Å²) in [5.41, 5.74) is 0.275. The van der Waals surface area contributed by atoms with E-state index in [2.05, 4.69) is 4.98 Å².